The van der Waals surface area contributed by atoms with Gasteiger partial charge >= 0.3 is 5.97 Å². The summed E-state index contributed by atoms with van der Waals surface area (Å²) >= 11 is 5.88. The van der Waals surface area contributed by atoms with Crippen LogP contribution in [0.25, 0.3) is 5.57 Å². The summed E-state index contributed by atoms with van der Waals surface area (Å²) in [7, 11) is 0. The van der Waals surface area contributed by atoms with Crippen LogP contribution in [-0.4, -0.2) is 30.9 Å². The molecule has 4 nitrogen and oxygen atoms in total. The second-order valence-corrected chi connectivity index (χ2v) is 7.60. The number of halogens is 2. The van der Waals surface area contributed by atoms with E-state index in [9.17, 15) is 9.18 Å². The van der Waals surface area contributed by atoms with E-state index in [1.165, 1.54) is 6.07 Å². The Kier molecular flexibility index (Phi) is 6.93. The maximum atomic E-state index is 14.4. The van der Waals surface area contributed by atoms with E-state index >= 15 is 0 Å². The van der Waals surface area contributed by atoms with Crippen molar-refractivity contribution in [2.45, 2.75) is 33.1 Å². The molecule has 1 heterocycles. The minimum atomic E-state index is -0.812. The van der Waals surface area contributed by atoms with Crippen molar-refractivity contribution in [1.82, 2.24) is 0 Å². The summed E-state index contributed by atoms with van der Waals surface area (Å²) in [5, 5.41) is 9.26. The minimum Gasteiger partial charge on any atom is -0.489 e. The Morgan fingerprint density at radius 2 is 2.03 bits per heavy atom. The van der Waals surface area contributed by atoms with E-state index in [0.29, 0.717) is 43.2 Å². The highest BCUT2D eigenvalue weighted by molar-refractivity contribution is 6.30. The van der Waals surface area contributed by atoms with E-state index in [4.69, 9.17) is 26.2 Å². The van der Waals surface area contributed by atoms with Gasteiger partial charge in [-0.3, -0.25) is 4.79 Å². The molecule has 6 heteroatoms. The van der Waals surface area contributed by atoms with Gasteiger partial charge in [-0.15, -0.1) is 0 Å². The first-order valence-corrected chi connectivity index (χ1v) is 9.92. The normalized spacial score (nSPS) is 14.2. The predicted octanol–water partition coefficient (Wildman–Crippen LogP) is 5.37. The van der Waals surface area contributed by atoms with Gasteiger partial charge in [0.15, 0.2) is 0 Å². The zero-order chi connectivity index (χ0) is 21.0. The van der Waals surface area contributed by atoms with Crippen molar-refractivity contribution in [3.05, 3.63) is 69.0 Å². The van der Waals surface area contributed by atoms with Crippen molar-refractivity contribution in [3.63, 3.8) is 0 Å². The minimum absolute atomic E-state index is 0.0979. The Bertz CT molecular complexity index is 952. The lowest BCUT2D eigenvalue weighted by molar-refractivity contribution is -0.136. The summed E-state index contributed by atoms with van der Waals surface area (Å²) in [6.07, 6.45) is 1.20. The van der Waals surface area contributed by atoms with Crippen LogP contribution in [0.15, 0.2) is 35.9 Å². The van der Waals surface area contributed by atoms with Crippen LogP contribution in [0.4, 0.5) is 4.39 Å². The van der Waals surface area contributed by atoms with Crippen molar-refractivity contribution >= 4 is 23.1 Å². The fourth-order valence-corrected chi connectivity index (χ4v) is 3.67. The average molecular weight is 419 g/mol. The lowest BCUT2D eigenvalue weighted by Crippen LogP contribution is -2.17. The molecule has 29 heavy (non-hydrogen) atoms. The number of ether oxygens (including phenoxy) is 2. The molecule has 0 unspecified atom stereocenters. The topological polar surface area (TPSA) is 55.8 Å². The Labute approximate surface area is 174 Å². The summed E-state index contributed by atoms with van der Waals surface area (Å²) in [6, 6.07) is 8.48. The Hall–Kier alpha value is -2.37. The molecule has 0 saturated heterocycles. The van der Waals surface area contributed by atoms with Crippen LogP contribution in [0.2, 0.25) is 5.02 Å². The Balaban J connectivity index is 1.80. The van der Waals surface area contributed by atoms with E-state index in [2.05, 4.69) is 0 Å². The molecule has 0 radical (unpaired) electrons. The molecule has 0 bridgehead atoms. The summed E-state index contributed by atoms with van der Waals surface area (Å²) in [5.41, 5.74) is 5.35. The van der Waals surface area contributed by atoms with Crippen molar-refractivity contribution in [3.8, 4) is 5.75 Å². The predicted molar refractivity (Wildman–Crippen MR) is 111 cm³/mol. The van der Waals surface area contributed by atoms with Crippen LogP contribution in [0, 0.1) is 19.7 Å². The molecular weight excluding hydrogens is 395 g/mol. The van der Waals surface area contributed by atoms with E-state index in [-0.39, 0.29) is 12.2 Å². The monoisotopic (exact) mass is 418 g/mol. The number of carboxylic acids is 1. The van der Waals surface area contributed by atoms with Crippen molar-refractivity contribution in [2.24, 2.45) is 0 Å². The molecule has 1 aliphatic heterocycles. The number of carboxylic acid groups (broad SMARTS) is 1. The average Bonchev–Trinajstić information content (AvgIpc) is 2.69. The number of carbonyl (C=O) groups is 1. The standard InChI is InChI=1S/C23H24ClFO4/c1-14-15(2)22(7-3-16(14)4-8-23(26)27)29-13-17-12-28-10-9-19(17)20-6-5-18(24)11-21(20)25/h3,5-7,11H,4,8-10,12-13H2,1-2H3,(H,26,27). The smallest absolute Gasteiger partial charge is 0.303 e. The van der Waals surface area contributed by atoms with Crippen LogP contribution in [0.3, 0.4) is 0 Å². The molecule has 0 aromatic heterocycles. The fraction of sp³-hybridized carbons (Fsp3) is 0.348. The van der Waals surface area contributed by atoms with Crippen LogP contribution < -0.4 is 4.74 Å². The third-order valence-corrected chi connectivity index (χ3v) is 5.55. The van der Waals surface area contributed by atoms with Gasteiger partial charge in [0.25, 0.3) is 0 Å². The number of aryl methyl sites for hydroxylation is 1. The highest BCUT2D eigenvalue weighted by Gasteiger charge is 2.19. The molecule has 0 saturated carbocycles. The van der Waals surface area contributed by atoms with Gasteiger partial charge in [0.2, 0.25) is 0 Å². The molecule has 0 atom stereocenters. The van der Waals surface area contributed by atoms with Crippen LogP contribution >= 0.6 is 11.6 Å². The number of hydrogen-bond donors (Lipinski definition) is 1. The molecule has 1 N–H and O–H groups in total. The quantitative estimate of drug-likeness (QED) is 0.657. The van der Waals surface area contributed by atoms with Crippen molar-refractivity contribution < 1.29 is 23.8 Å². The van der Waals surface area contributed by atoms with Gasteiger partial charge in [0.1, 0.15) is 18.2 Å². The van der Waals surface area contributed by atoms with Gasteiger partial charge in [-0.1, -0.05) is 23.7 Å². The van der Waals surface area contributed by atoms with Crippen molar-refractivity contribution in [2.75, 3.05) is 19.8 Å². The first-order chi connectivity index (χ1) is 13.9. The summed E-state index contributed by atoms with van der Waals surface area (Å²) in [4.78, 5) is 10.8. The summed E-state index contributed by atoms with van der Waals surface area (Å²) in [6.45, 7) is 5.16. The van der Waals surface area contributed by atoms with Gasteiger partial charge in [-0.05, 0) is 72.7 Å². The number of benzene rings is 2. The van der Waals surface area contributed by atoms with Crippen LogP contribution in [0.5, 0.6) is 5.75 Å². The molecule has 0 amide bonds. The Morgan fingerprint density at radius 1 is 1.24 bits per heavy atom. The molecule has 3 rings (SSSR count). The fourth-order valence-electron chi connectivity index (χ4n) is 3.51. The van der Waals surface area contributed by atoms with Gasteiger partial charge in [0.05, 0.1) is 13.2 Å². The van der Waals surface area contributed by atoms with Crippen LogP contribution in [-0.2, 0) is 16.0 Å². The second-order valence-electron chi connectivity index (χ2n) is 7.16. The van der Waals surface area contributed by atoms with Crippen LogP contribution in [0.1, 0.15) is 35.1 Å². The van der Waals surface area contributed by atoms with E-state index in [1.807, 2.05) is 26.0 Å². The van der Waals surface area contributed by atoms with E-state index in [1.54, 1.807) is 12.1 Å². The lowest BCUT2D eigenvalue weighted by Gasteiger charge is -2.23. The molecule has 2 aromatic carbocycles. The molecule has 154 valence electrons. The zero-order valence-electron chi connectivity index (χ0n) is 16.6. The first-order valence-electron chi connectivity index (χ1n) is 9.54. The third kappa shape index (κ3) is 5.17. The van der Waals surface area contributed by atoms with E-state index in [0.717, 1.165) is 33.6 Å². The SMILES string of the molecule is Cc1c(CCC(=O)O)ccc(OCC2=C(c3ccc(Cl)cc3F)CCOC2)c1C. The molecule has 1 aliphatic rings. The summed E-state index contributed by atoms with van der Waals surface area (Å²) < 4.78 is 26.0. The summed E-state index contributed by atoms with van der Waals surface area (Å²) in [5.74, 6) is -0.425. The third-order valence-electron chi connectivity index (χ3n) is 5.32. The van der Waals surface area contributed by atoms with Gasteiger partial charge in [-0.2, -0.15) is 0 Å². The van der Waals surface area contributed by atoms with E-state index < -0.39 is 5.97 Å². The zero-order valence-corrected chi connectivity index (χ0v) is 17.3. The molecule has 2 aromatic rings. The maximum Gasteiger partial charge on any atom is 0.303 e. The van der Waals surface area contributed by atoms with Gasteiger partial charge < -0.3 is 14.6 Å². The highest BCUT2D eigenvalue weighted by Crippen LogP contribution is 2.31. The largest absolute Gasteiger partial charge is 0.489 e. The van der Waals surface area contributed by atoms with Gasteiger partial charge in [-0.25, -0.2) is 4.39 Å². The molecule has 0 spiro atoms. The number of rotatable bonds is 7. The second kappa shape index (κ2) is 9.42. The van der Waals surface area contributed by atoms with Crippen molar-refractivity contribution in [1.29, 1.82) is 0 Å². The lowest BCUT2D eigenvalue weighted by atomic mass is 9.95. The number of aliphatic carboxylic acids is 1. The number of hydrogen-bond acceptors (Lipinski definition) is 3. The maximum absolute atomic E-state index is 14.4. The Morgan fingerprint density at radius 3 is 2.76 bits per heavy atom. The van der Waals surface area contributed by atoms with Gasteiger partial charge in [0, 0.05) is 17.0 Å². The molecule has 0 fully saturated rings. The molecule has 0 aliphatic carbocycles. The molecular formula is C23H24ClFO4. The highest BCUT2D eigenvalue weighted by atomic mass is 35.5. The first kappa shape index (κ1) is 21.3.